The molecule has 3 rings (SSSR count). The number of anilines is 2. The molecule has 0 heterocycles. The average molecular weight is 443 g/mol. The third-order valence-electron chi connectivity index (χ3n) is 4.87. The fraction of sp³-hybridized carbons (Fsp3) is 0.174. The Labute approximate surface area is 182 Å². The van der Waals surface area contributed by atoms with Crippen molar-refractivity contribution in [1.82, 2.24) is 0 Å². The molecule has 7 heteroatoms. The number of sulfonamides is 1. The second kappa shape index (κ2) is 8.90. The molecule has 0 bridgehead atoms. The van der Waals surface area contributed by atoms with E-state index in [9.17, 15) is 13.2 Å². The van der Waals surface area contributed by atoms with Crippen LogP contribution < -0.4 is 9.62 Å². The summed E-state index contributed by atoms with van der Waals surface area (Å²) in [5.74, 6) is -0.445. The van der Waals surface area contributed by atoms with E-state index in [1.54, 1.807) is 36.4 Å². The van der Waals surface area contributed by atoms with Gasteiger partial charge in [0.05, 0.1) is 10.6 Å². The van der Waals surface area contributed by atoms with Crippen LogP contribution in [0.25, 0.3) is 0 Å². The van der Waals surface area contributed by atoms with Crippen molar-refractivity contribution < 1.29 is 13.2 Å². The van der Waals surface area contributed by atoms with Gasteiger partial charge in [-0.15, -0.1) is 0 Å². The largest absolute Gasteiger partial charge is 0.324 e. The summed E-state index contributed by atoms with van der Waals surface area (Å²) in [5, 5.41) is 3.20. The van der Waals surface area contributed by atoms with E-state index in [4.69, 9.17) is 11.6 Å². The maximum absolute atomic E-state index is 13.4. The smallest absolute Gasteiger partial charge is 0.264 e. The van der Waals surface area contributed by atoms with Gasteiger partial charge in [0, 0.05) is 10.7 Å². The van der Waals surface area contributed by atoms with Crippen molar-refractivity contribution in [3.8, 4) is 0 Å². The highest BCUT2D eigenvalue weighted by Gasteiger charge is 2.27. The van der Waals surface area contributed by atoms with Gasteiger partial charge in [0.2, 0.25) is 5.91 Å². The summed E-state index contributed by atoms with van der Waals surface area (Å²) in [4.78, 5) is 12.9. The van der Waals surface area contributed by atoms with Crippen LogP contribution in [0.4, 0.5) is 11.4 Å². The van der Waals surface area contributed by atoms with Gasteiger partial charge in [-0.25, -0.2) is 8.42 Å². The van der Waals surface area contributed by atoms with E-state index >= 15 is 0 Å². The van der Waals surface area contributed by atoms with Crippen LogP contribution in [-0.2, 0) is 14.8 Å². The predicted octanol–water partition coefficient (Wildman–Crippen LogP) is 5.10. The van der Waals surface area contributed by atoms with Crippen LogP contribution in [0.5, 0.6) is 0 Å². The average Bonchev–Trinajstić information content (AvgIpc) is 2.70. The van der Waals surface area contributed by atoms with E-state index in [0.29, 0.717) is 16.4 Å². The summed E-state index contributed by atoms with van der Waals surface area (Å²) >= 11 is 6.09. The van der Waals surface area contributed by atoms with Crippen molar-refractivity contribution in [2.45, 2.75) is 25.7 Å². The van der Waals surface area contributed by atoms with E-state index < -0.39 is 15.9 Å². The number of benzene rings is 3. The highest BCUT2D eigenvalue weighted by molar-refractivity contribution is 7.92. The number of carbonyl (C=O) groups is 1. The topological polar surface area (TPSA) is 66.5 Å². The molecule has 156 valence electrons. The molecule has 30 heavy (non-hydrogen) atoms. The molecule has 5 nitrogen and oxygen atoms in total. The van der Waals surface area contributed by atoms with Crippen LogP contribution in [0.2, 0.25) is 5.02 Å². The van der Waals surface area contributed by atoms with Crippen molar-refractivity contribution in [1.29, 1.82) is 0 Å². The molecule has 0 atom stereocenters. The first kappa shape index (κ1) is 21.9. The molecule has 3 aromatic rings. The summed E-state index contributed by atoms with van der Waals surface area (Å²) in [5.41, 5.74) is 3.88. The Bertz CT molecular complexity index is 1180. The summed E-state index contributed by atoms with van der Waals surface area (Å²) in [6.45, 7) is 5.35. The van der Waals surface area contributed by atoms with Crippen LogP contribution in [-0.4, -0.2) is 20.9 Å². The molecule has 0 spiro atoms. The minimum atomic E-state index is -3.98. The molecule has 0 aliphatic heterocycles. The zero-order chi connectivity index (χ0) is 21.9. The van der Waals surface area contributed by atoms with Gasteiger partial charge in [-0.1, -0.05) is 47.5 Å². The second-order valence-electron chi connectivity index (χ2n) is 7.10. The number of carbonyl (C=O) groups excluding carboxylic acids is 1. The minimum absolute atomic E-state index is 0.104. The lowest BCUT2D eigenvalue weighted by molar-refractivity contribution is -0.114. The molecule has 0 saturated carbocycles. The fourth-order valence-corrected chi connectivity index (χ4v) is 4.59. The summed E-state index contributed by atoms with van der Waals surface area (Å²) < 4.78 is 27.8. The lowest BCUT2D eigenvalue weighted by Gasteiger charge is -2.24. The SMILES string of the molecule is Cc1ccc(S(=O)(=O)N(CC(=O)Nc2cccc(C)c2C)c2cccc(Cl)c2)cc1. The fourth-order valence-electron chi connectivity index (χ4n) is 2.99. The van der Waals surface area contributed by atoms with Crippen molar-refractivity contribution in [3.05, 3.63) is 88.4 Å². The van der Waals surface area contributed by atoms with E-state index in [1.165, 1.54) is 18.2 Å². The number of aryl methyl sites for hydroxylation is 2. The number of amides is 1. The van der Waals surface area contributed by atoms with Crippen LogP contribution in [0.15, 0.2) is 71.6 Å². The number of rotatable bonds is 6. The molecular formula is C23H23ClN2O3S. The highest BCUT2D eigenvalue weighted by atomic mass is 35.5. The second-order valence-corrected chi connectivity index (χ2v) is 9.40. The predicted molar refractivity (Wildman–Crippen MR) is 122 cm³/mol. The quantitative estimate of drug-likeness (QED) is 0.577. The first-order valence-electron chi connectivity index (χ1n) is 9.39. The molecule has 0 unspecified atom stereocenters. The summed E-state index contributed by atoms with van der Waals surface area (Å²) in [6.07, 6.45) is 0. The van der Waals surface area contributed by atoms with E-state index in [-0.39, 0.29) is 11.4 Å². The number of nitrogens with one attached hydrogen (secondary N) is 1. The van der Waals surface area contributed by atoms with Crippen LogP contribution in [0, 0.1) is 20.8 Å². The Hall–Kier alpha value is -2.83. The molecule has 0 radical (unpaired) electrons. The molecule has 0 aliphatic rings. The zero-order valence-electron chi connectivity index (χ0n) is 17.0. The lowest BCUT2D eigenvalue weighted by atomic mass is 10.1. The Morgan fingerprint density at radius 1 is 0.967 bits per heavy atom. The van der Waals surface area contributed by atoms with Crippen molar-refractivity contribution in [2.24, 2.45) is 0 Å². The number of halogens is 1. The molecule has 3 aromatic carbocycles. The molecule has 0 aromatic heterocycles. The monoisotopic (exact) mass is 442 g/mol. The lowest BCUT2D eigenvalue weighted by Crippen LogP contribution is -2.38. The molecule has 0 saturated heterocycles. The van der Waals surface area contributed by atoms with Gasteiger partial charge >= 0.3 is 0 Å². The van der Waals surface area contributed by atoms with Crippen LogP contribution in [0.3, 0.4) is 0 Å². The Morgan fingerprint density at radius 3 is 2.30 bits per heavy atom. The number of hydrogen-bond acceptors (Lipinski definition) is 3. The van der Waals surface area contributed by atoms with E-state index in [0.717, 1.165) is 21.0 Å². The van der Waals surface area contributed by atoms with Crippen LogP contribution in [0.1, 0.15) is 16.7 Å². The third kappa shape index (κ3) is 4.83. The third-order valence-corrected chi connectivity index (χ3v) is 6.89. The minimum Gasteiger partial charge on any atom is -0.324 e. The highest BCUT2D eigenvalue weighted by Crippen LogP contribution is 2.27. The molecule has 0 aliphatic carbocycles. The van der Waals surface area contributed by atoms with E-state index in [1.807, 2.05) is 32.9 Å². The van der Waals surface area contributed by atoms with Gasteiger partial charge in [0.25, 0.3) is 10.0 Å². The van der Waals surface area contributed by atoms with Gasteiger partial charge < -0.3 is 5.32 Å². The molecule has 0 fully saturated rings. The van der Waals surface area contributed by atoms with E-state index in [2.05, 4.69) is 5.32 Å². The van der Waals surface area contributed by atoms with Gasteiger partial charge in [-0.05, 0) is 68.3 Å². The Kier molecular flexibility index (Phi) is 6.48. The van der Waals surface area contributed by atoms with Gasteiger partial charge in [-0.3, -0.25) is 9.10 Å². The zero-order valence-corrected chi connectivity index (χ0v) is 18.6. The first-order chi connectivity index (χ1) is 14.2. The van der Waals surface area contributed by atoms with Gasteiger partial charge in [-0.2, -0.15) is 0 Å². The summed E-state index contributed by atoms with van der Waals surface area (Å²) in [7, 11) is -3.98. The van der Waals surface area contributed by atoms with Crippen LogP contribution >= 0.6 is 11.6 Å². The normalized spacial score (nSPS) is 11.2. The molecular weight excluding hydrogens is 420 g/mol. The number of nitrogens with zero attached hydrogens (tertiary/aromatic N) is 1. The van der Waals surface area contributed by atoms with Crippen molar-refractivity contribution in [2.75, 3.05) is 16.2 Å². The van der Waals surface area contributed by atoms with Crippen molar-refractivity contribution >= 4 is 38.9 Å². The molecule has 1 N–H and O–H groups in total. The molecule has 1 amide bonds. The van der Waals surface area contributed by atoms with Gasteiger partial charge in [0.1, 0.15) is 6.54 Å². The Balaban J connectivity index is 1.97. The maximum Gasteiger partial charge on any atom is 0.264 e. The summed E-state index contributed by atoms with van der Waals surface area (Å²) in [6, 6.07) is 18.5. The Morgan fingerprint density at radius 2 is 1.63 bits per heavy atom. The number of hydrogen-bond donors (Lipinski definition) is 1. The van der Waals surface area contributed by atoms with Gasteiger partial charge in [0.15, 0.2) is 0 Å². The maximum atomic E-state index is 13.4. The van der Waals surface area contributed by atoms with Crippen molar-refractivity contribution in [3.63, 3.8) is 0 Å². The first-order valence-corrected chi connectivity index (χ1v) is 11.2. The standard InChI is InChI=1S/C23H23ClN2O3S/c1-16-10-12-21(13-11-16)30(28,29)26(20-8-5-7-19(24)14-20)15-23(27)25-22-9-4-6-17(2)18(22)3/h4-14H,15H2,1-3H3,(H,25,27).